The molecule has 26 heavy (non-hydrogen) atoms. The summed E-state index contributed by atoms with van der Waals surface area (Å²) in [7, 11) is 1.85. The molecule has 2 heterocycles. The Bertz CT molecular complexity index is 735. The number of hydrogen-bond donors (Lipinski definition) is 2. The third kappa shape index (κ3) is 4.85. The molecule has 0 saturated carbocycles. The van der Waals surface area contributed by atoms with E-state index in [0.717, 1.165) is 24.2 Å². The highest BCUT2D eigenvalue weighted by Crippen LogP contribution is 2.19. The summed E-state index contributed by atoms with van der Waals surface area (Å²) in [5, 5.41) is 2.86. The molecule has 1 saturated heterocycles. The van der Waals surface area contributed by atoms with Crippen LogP contribution in [0, 0.1) is 11.7 Å². The monoisotopic (exact) mass is 406 g/mol. The van der Waals surface area contributed by atoms with Crippen LogP contribution < -0.4 is 11.1 Å². The summed E-state index contributed by atoms with van der Waals surface area (Å²) in [5.41, 5.74) is 7.15. The second-order valence-electron chi connectivity index (χ2n) is 6.21. The fourth-order valence-electron chi connectivity index (χ4n) is 3.16. The number of nitrogens with two attached hydrogens (primary N) is 1. The number of benzene rings is 1. The minimum atomic E-state index is -0.508. The molecule has 1 unspecified atom stereocenters. The number of aryl methyl sites for hydroxylation is 1. The minimum Gasteiger partial charge on any atom is -0.381 e. The molecule has 1 aliphatic rings. The smallest absolute Gasteiger partial charge is 0.237 e. The molecule has 0 aliphatic carbocycles. The average Bonchev–Trinajstić information content (AvgIpc) is 2.93. The number of nitrogens with one attached hydrogen (secondary N) is 1. The van der Waals surface area contributed by atoms with E-state index in [2.05, 4.69) is 10.3 Å². The van der Waals surface area contributed by atoms with Gasteiger partial charge in [-0.25, -0.2) is 9.37 Å². The van der Waals surface area contributed by atoms with Crippen LogP contribution in [0.1, 0.15) is 18.7 Å². The third-order valence-electron chi connectivity index (χ3n) is 4.68. The quantitative estimate of drug-likeness (QED) is 0.794. The van der Waals surface area contributed by atoms with Crippen molar-refractivity contribution in [3.05, 3.63) is 29.8 Å². The van der Waals surface area contributed by atoms with Crippen LogP contribution in [0.5, 0.6) is 0 Å². The van der Waals surface area contributed by atoms with Crippen LogP contribution in [0.3, 0.4) is 0 Å². The first-order valence-corrected chi connectivity index (χ1v) is 8.29. The van der Waals surface area contributed by atoms with Gasteiger partial charge in [-0.15, -0.1) is 24.8 Å². The molecule has 3 N–H and O–H groups in total. The topological polar surface area (TPSA) is 82.2 Å². The molecule has 2 aromatic rings. The van der Waals surface area contributed by atoms with Gasteiger partial charge < -0.3 is 20.4 Å². The molecule has 1 fully saturated rings. The largest absolute Gasteiger partial charge is 0.381 e. The molecule has 1 aromatic heterocycles. The van der Waals surface area contributed by atoms with Gasteiger partial charge in [0.2, 0.25) is 5.91 Å². The molecule has 1 atom stereocenters. The van der Waals surface area contributed by atoms with Crippen LogP contribution in [0.2, 0.25) is 0 Å². The maximum Gasteiger partial charge on any atom is 0.237 e. The Morgan fingerprint density at radius 3 is 2.77 bits per heavy atom. The Hall–Kier alpha value is -1.41. The van der Waals surface area contributed by atoms with Gasteiger partial charge in [0.25, 0.3) is 0 Å². The number of rotatable bonds is 5. The second kappa shape index (κ2) is 10.1. The summed E-state index contributed by atoms with van der Waals surface area (Å²) >= 11 is 0. The van der Waals surface area contributed by atoms with E-state index in [1.807, 2.05) is 17.7 Å². The van der Waals surface area contributed by atoms with E-state index in [4.69, 9.17) is 10.5 Å². The zero-order chi connectivity index (χ0) is 17.1. The SMILES string of the molecule is Cl.Cl.Cn1c(CCNC(=O)C(N)C2CCOCC2)nc2c(F)cccc21. The van der Waals surface area contributed by atoms with Gasteiger partial charge in [-0.1, -0.05) is 6.07 Å². The molecule has 1 aromatic carbocycles. The molecule has 6 nitrogen and oxygen atoms in total. The highest BCUT2D eigenvalue weighted by Gasteiger charge is 2.26. The zero-order valence-corrected chi connectivity index (χ0v) is 16.2. The van der Waals surface area contributed by atoms with E-state index in [1.165, 1.54) is 6.07 Å². The predicted octanol–water partition coefficient (Wildman–Crippen LogP) is 1.97. The summed E-state index contributed by atoms with van der Waals surface area (Å²) in [6.07, 6.45) is 2.16. The van der Waals surface area contributed by atoms with Gasteiger partial charge >= 0.3 is 0 Å². The number of amides is 1. The standard InChI is InChI=1S/C17H23FN4O2.2ClH/c1-22-13-4-2-3-12(18)16(13)21-14(22)5-8-20-17(23)15(19)11-6-9-24-10-7-11;;/h2-4,11,15H,5-10,19H2,1H3,(H,20,23);2*1H. The predicted molar refractivity (Wildman–Crippen MR) is 103 cm³/mol. The Kier molecular flexibility index (Phi) is 8.76. The Morgan fingerprint density at radius 2 is 2.12 bits per heavy atom. The maximum atomic E-state index is 13.8. The second-order valence-corrected chi connectivity index (χ2v) is 6.21. The van der Waals surface area contributed by atoms with Crippen molar-refractivity contribution in [1.82, 2.24) is 14.9 Å². The Balaban J connectivity index is 0.00000169. The van der Waals surface area contributed by atoms with Crippen LogP contribution in [-0.4, -0.2) is 41.3 Å². The number of ether oxygens (including phenoxy) is 1. The third-order valence-corrected chi connectivity index (χ3v) is 4.68. The lowest BCUT2D eigenvalue weighted by atomic mass is 9.92. The fourth-order valence-corrected chi connectivity index (χ4v) is 3.16. The summed E-state index contributed by atoms with van der Waals surface area (Å²) in [5.74, 6) is 0.422. The van der Waals surface area contributed by atoms with Crippen molar-refractivity contribution in [2.24, 2.45) is 18.7 Å². The summed E-state index contributed by atoms with van der Waals surface area (Å²) < 4.78 is 20.9. The number of imidazole rings is 1. The molecule has 1 aliphatic heterocycles. The number of carbonyl (C=O) groups is 1. The minimum absolute atomic E-state index is 0. The first-order valence-electron chi connectivity index (χ1n) is 8.29. The highest BCUT2D eigenvalue weighted by molar-refractivity contribution is 5.85. The van der Waals surface area contributed by atoms with E-state index in [0.29, 0.717) is 31.7 Å². The van der Waals surface area contributed by atoms with Gasteiger partial charge in [0.1, 0.15) is 11.3 Å². The number of hydrogen-bond acceptors (Lipinski definition) is 4. The Labute approximate surface area is 164 Å². The lowest BCUT2D eigenvalue weighted by molar-refractivity contribution is -0.124. The molecular formula is C17H25Cl2FN4O2. The van der Waals surface area contributed by atoms with Crippen molar-refractivity contribution in [3.63, 3.8) is 0 Å². The molecule has 3 rings (SSSR count). The number of halogens is 3. The first kappa shape index (κ1) is 22.6. The highest BCUT2D eigenvalue weighted by atomic mass is 35.5. The number of aromatic nitrogens is 2. The van der Waals surface area contributed by atoms with Gasteiger partial charge in [0.15, 0.2) is 5.82 Å². The molecular weight excluding hydrogens is 382 g/mol. The van der Waals surface area contributed by atoms with Crippen molar-refractivity contribution >= 4 is 41.8 Å². The molecule has 146 valence electrons. The lowest BCUT2D eigenvalue weighted by Gasteiger charge is -2.26. The fraction of sp³-hybridized carbons (Fsp3) is 0.529. The van der Waals surface area contributed by atoms with Gasteiger partial charge in [0.05, 0.1) is 11.6 Å². The van der Waals surface area contributed by atoms with Gasteiger partial charge in [-0.3, -0.25) is 4.79 Å². The van der Waals surface area contributed by atoms with Crippen LogP contribution in [0.4, 0.5) is 4.39 Å². The Morgan fingerprint density at radius 1 is 1.42 bits per heavy atom. The van der Waals surface area contributed by atoms with Crippen molar-refractivity contribution < 1.29 is 13.9 Å². The number of fused-ring (bicyclic) bond motifs is 1. The van der Waals surface area contributed by atoms with E-state index >= 15 is 0 Å². The average molecular weight is 407 g/mol. The van der Waals surface area contributed by atoms with Gasteiger partial charge in [0, 0.05) is 33.2 Å². The normalized spacial score (nSPS) is 15.8. The number of nitrogens with zero attached hydrogens (tertiary/aromatic N) is 2. The van der Waals surface area contributed by atoms with Crippen molar-refractivity contribution in [1.29, 1.82) is 0 Å². The van der Waals surface area contributed by atoms with Crippen LogP contribution in [0.15, 0.2) is 18.2 Å². The molecule has 9 heteroatoms. The van der Waals surface area contributed by atoms with E-state index < -0.39 is 6.04 Å². The maximum absolute atomic E-state index is 13.8. The van der Waals surface area contributed by atoms with Crippen LogP contribution in [-0.2, 0) is 23.0 Å². The van der Waals surface area contributed by atoms with Crippen molar-refractivity contribution in [3.8, 4) is 0 Å². The molecule has 0 bridgehead atoms. The van der Waals surface area contributed by atoms with Gasteiger partial charge in [-0.05, 0) is 30.9 Å². The van der Waals surface area contributed by atoms with Crippen molar-refractivity contribution in [2.45, 2.75) is 25.3 Å². The lowest BCUT2D eigenvalue weighted by Crippen LogP contribution is -2.47. The summed E-state index contributed by atoms with van der Waals surface area (Å²) in [6, 6.07) is 4.38. The van der Waals surface area contributed by atoms with Crippen LogP contribution in [0.25, 0.3) is 11.0 Å². The van der Waals surface area contributed by atoms with E-state index in [-0.39, 0.29) is 42.5 Å². The first-order chi connectivity index (χ1) is 11.6. The summed E-state index contributed by atoms with van der Waals surface area (Å²) in [4.78, 5) is 16.5. The van der Waals surface area contributed by atoms with E-state index in [1.54, 1.807) is 6.07 Å². The van der Waals surface area contributed by atoms with Crippen LogP contribution >= 0.6 is 24.8 Å². The number of carbonyl (C=O) groups excluding carboxylic acids is 1. The number of para-hydroxylation sites is 1. The molecule has 1 amide bonds. The van der Waals surface area contributed by atoms with E-state index in [9.17, 15) is 9.18 Å². The van der Waals surface area contributed by atoms with Gasteiger partial charge in [-0.2, -0.15) is 0 Å². The zero-order valence-electron chi connectivity index (χ0n) is 14.6. The molecule has 0 spiro atoms. The molecule has 0 radical (unpaired) electrons. The summed E-state index contributed by atoms with van der Waals surface area (Å²) in [6.45, 7) is 1.75. The van der Waals surface area contributed by atoms with Crippen molar-refractivity contribution in [2.75, 3.05) is 19.8 Å².